The van der Waals surface area contributed by atoms with Gasteiger partial charge in [-0.3, -0.25) is 0 Å². The SMILES string of the molecule is Cc1csc(C(C)NCc2ccc(Cl)c(Br)c2)n1. The summed E-state index contributed by atoms with van der Waals surface area (Å²) in [5.41, 5.74) is 2.28. The smallest absolute Gasteiger partial charge is 0.110 e. The first-order chi connectivity index (χ1) is 8.56. The maximum Gasteiger partial charge on any atom is 0.110 e. The lowest BCUT2D eigenvalue weighted by Gasteiger charge is -2.11. The summed E-state index contributed by atoms with van der Waals surface area (Å²) in [7, 11) is 0. The molecule has 96 valence electrons. The minimum atomic E-state index is 0.262. The number of benzene rings is 1. The Morgan fingerprint density at radius 3 is 2.89 bits per heavy atom. The summed E-state index contributed by atoms with van der Waals surface area (Å²) in [5.74, 6) is 0. The number of halogens is 2. The summed E-state index contributed by atoms with van der Waals surface area (Å²) in [6.45, 7) is 4.95. The molecule has 0 fully saturated rings. The summed E-state index contributed by atoms with van der Waals surface area (Å²) >= 11 is 11.1. The molecule has 2 rings (SSSR count). The van der Waals surface area contributed by atoms with Gasteiger partial charge in [-0.25, -0.2) is 4.98 Å². The zero-order valence-electron chi connectivity index (χ0n) is 10.2. The van der Waals surface area contributed by atoms with Crippen LogP contribution in [0.15, 0.2) is 28.1 Å². The van der Waals surface area contributed by atoms with Crippen LogP contribution in [0.5, 0.6) is 0 Å². The third-order valence-corrected chi connectivity index (χ3v) is 4.96. The highest BCUT2D eigenvalue weighted by Gasteiger charge is 2.09. The van der Waals surface area contributed by atoms with E-state index in [1.54, 1.807) is 11.3 Å². The maximum atomic E-state index is 5.97. The quantitative estimate of drug-likeness (QED) is 0.867. The molecule has 0 saturated heterocycles. The number of aromatic nitrogens is 1. The highest BCUT2D eigenvalue weighted by molar-refractivity contribution is 9.10. The Kier molecular flexibility index (Phi) is 4.78. The van der Waals surface area contributed by atoms with Gasteiger partial charge < -0.3 is 5.32 Å². The summed E-state index contributed by atoms with van der Waals surface area (Å²) < 4.78 is 0.932. The Morgan fingerprint density at radius 1 is 1.50 bits per heavy atom. The van der Waals surface area contributed by atoms with Crippen molar-refractivity contribution in [3.05, 3.63) is 49.3 Å². The van der Waals surface area contributed by atoms with Crippen molar-refractivity contribution in [3.8, 4) is 0 Å². The molecule has 0 aliphatic rings. The van der Waals surface area contributed by atoms with Crippen molar-refractivity contribution < 1.29 is 0 Å². The second-order valence-electron chi connectivity index (χ2n) is 4.18. The summed E-state index contributed by atoms with van der Waals surface area (Å²) in [4.78, 5) is 4.48. The van der Waals surface area contributed by atoms with E-state index in [-0.39, 0.29) is 6.04 Å². The van der Waals surface area contributed by atoms with Gasteiger partial charge in [0.25, 0.3) is 0 Å². The maximum absolute atomic E-state index is 5.97. The van der Waals surface area contributed by atoms with Gasteiger partial charge in [-0.2, -0.15) is 0 Å². The normalized spacial score (nSPS) is 12.7. The summed E-state index contributed by atoms with van der Waals surface area (Å²) in [6.07, 6.45) is 0. The molecule has 1 aromatic heterocycles. The Hall–Kier alpha value is -0.420. The van der Waals surface area contributed by atoms with Crippen LogP contribution >= 0.6 is 38.9 Å². The van der Waals surface area contributed by atoms with E-state index in [0.29, 0.717) is 0 Å². The minimum Gasteiger partial charge on any atom is -0.304 e. The number of thiazole rings is 1. The zero-order valence-corrected chi connectivity index (χ0v) is 13.4. The zero-order chi connectivity index (χ0) is 13.1. The topological polar surface area (TPSA) is 24.9 Å². The average Bonchev–Trinajstić information content (AvgIpc) is 2.77. The molecule has 0 spiro atoms. The van der Waals surface area contributed by atoms with E-state index in [1.807, 2.05) is 25.1 Å². The van der Waals surface area contributed by atoms with E-state index in [0.717, 1.165) is 26.7 Å². The van der Waals surface area contributed by atoms with Gasteiger partial charge in [0.15, 0.2) is 0 Å². The number of nitrogens with zero attached hydrogens (tertiary/aromatic N) is 1. The van der Waals surface area contributed by atoms with Crippen molar-refractivity contribution >= 4 is 38.9 Å². The Bertz CT molecular complexity index is 542. The van der Waals surface area contributed by atoms with Crippen molar-refractivity contribution in [3.63, 3.8) is 0 Å². The van der Waals surface area contributed by atoms with Crippen molar-refractivity contribution in [2.24, 2.45) is 0 Å². The molecule has 1 N–H and O–H groups in total. The molecule has 0 amide bonds. The van der Waals surface area contributed by atoms with Crippen molar-refractivity contribution in [2.45, 2.75) is 26.4 Å². The fourth-order valence-corrected chi connectivity index (χ4v) is 2.95. The van der Waals surface area contributed by atoms with Gasteiger partial charge in [-0.05, 0) is 47.5 Å². The van der Waals surface area contributed by atoms with Crippen molar-refractivity contribution in [2.75, 3.05) is 0 Å². The van der Waals surface area contributed by atoms with Crippen LogP contribution < -0.4 is 5.32 Å². The van der Waals surface area contributed by atoms with E-state index in [4.69, 9.17) is 11.6 Å². The lowest BCUT2D eigenvalue weighted by atomic mass is 10.2. The van der Waals surface area contributed by atoms with E-state index in [9.17, 15) is 0 Å². The number of hydrogen-bond acceptors (Lipinski definition) is 3. The molecule has 0 aliphatic heterocycles. The lowest BCUT2D eigenvalue weighted by Crippen LogP contribution is -2.17. The second-order valence-corrected chi connectivity index (χ2v) is 6.33. The standard InChI is InChI=1S/C13H14BrClN2S/c1-8-7-18-13(17-8)9(2)16-6-10-3-4-12(15)11(14)5-10/h3-5,7,9,16H,6H2,1-2H3. The number of nitrogens with one attached hydrogen (secondary N) is 1. The molecule has 0 bridgehead atoms. The van der Waals surface area contributed by atoms with Crippen LogP contribution in [-0.4, -0.2) is 4.98 Å². The Morgan fingerprint density at radius 2 is 2.28 bits per heavy atom. The van der Waals surface area contributed by atoms with Crippen LogP contribution in [0.4, 0.5) is 0 Å². The molecule has 1 heterocycles. The van der Waals surface area contributed by atoms with Crippen LogP contribution in [0.1, 0.15) is 29.2 Å². The highest BCUT2D eigenvalue weighted by Crippen LogP contribution is 2.24. The van der Waals surface area contributed by atoms with Crippen molar-refractivity contribution in [1.29, 1.82) is 0 Å². The first-order valence-corrected chi connectivity index (χ1v) is 7.70. The largest absolute Gasteiger partial charge is 0.304 e. The van der Waals surface area contributed by atoms with Gasteiger partial charge in [0.05, 0.1) is 11.1 Å². The van der Waals surface area contributed by atoms with Crippen LogP contribution in [0, 0.1) is 6.92 Å². The second kappa shape index (κ2) is 6.15. The fourth-order valence-electron chi connectivity index (χ4n) is 1.58. The van der Waals surface area contributed by atoms with Gasteiger partial charge in [0.1, 0.15) is 5.01 Å². The molecule has 2 aromatic rings. The predicted molar refractivity (Wildman–Crippen MR) is 81.3 cm³/mol. The van der Waals surface area contributed by atoms with Gasteiger partial charge in [-0.15, -0.1) is 11.3 Å². The van der Waals surface area contributed by atoms with Gasteiger partial charge in [0.2, 0.25) is 0 Å². The number of hydrogen-bond donors (Lipinski definition) is 1. The molecule has 1 atom stereocenters. The Balaban J connectivity index is 1.97. The van der Waals surface area contributed by atoms with Crippen LogP contribution in [-0.2, 0) is 6.54 Å². The molecule has 5 heteroatoms. The molecule has 0 saturated carbocycles. The third-order valence-electron chi connectivity index (χ3n) is 2.60. The predicted octanol–water partition coefficient (Wildman–Crippen LogP) is 4.72. The van der Waals surface area contributed by atoms with Gasteiger partial charge >= 0.3 is 0 Å². The number of rotatable bonds is 4. The van der Waals surface area contributed by atoms with Gasteiger partial charge in [0, 0.05) is 22.1 Å². The van der Waals surface area contributed by atoms with Crippen molar-refractivity contribution in [1.82, 2.24) is 10.3 Å². The Labute approximate surface area is 125 Å². The van der Waals surface area contributed by atoms with Crippen LogP contribution in [0.3, 0.4) is 0 Å². The molecule has 1 aromatic carbocycles. The minimum absolute atomic E-state index is 0.262. The number of aryl methyl sites for hydroxylation is 1. The van der Waals surface area contributed by atoms with Gasteiger partial charge in [-0.1, -0.05) is 17.7 Å². The van der Waals surface area contributed by atoms with E-state index in [1.165, 1.54) is 5.56 Å². The summed E-state index contributed by atoms with van der Waals surface area (Å²) in [6, 6.07) is 6.23. The molecule has 2 nitrogen and oxygen atoms in total. The van der Waals surface area contributed by atoms with Crippen LogP contribution in [0.2, 0.25) is 5.02 Å². The molecular formula is C13H14BrClN2S. The fraction of sp³-hybridized carbons (Fsp3) is 0.308. The lowest BCUT2D eigenvalue weighted by molar-refractivity contribution is 0.571. The van der Waals surface area contributed by atoms with E-state index >= 15 is 0 Å². The van der Waals surface area contributed by atoms with Crippen LogP contribution in [0.25, 0.3) is 0 Å². The van der Waals surface area contributed by atoms with E-state index < -0.39 is 0 Å². The first kappa shape index (κ1) is 14.0. The molecule has 18 heavy (non-hydrogen) atoms. The molecular weight excluding hydrogens is 332 g/mol. The molecule has 1 unspecified atom stereocenters. The molecule has 0 radical (unpaired) electrons. The third kappa shape index (κ3) is 3.54. The summed E-state index contributed by atoms with van der Waals surface area (Å²) in [5, 5.41) is 7.40. The first-order valence-electron chi connectivity index (χ1n) is 5.65. The monoisotopic (exact) mass is 344 g/mol. The highest BCUT2D eigenvalue weighted by atomic mass is 79.9. The van der Waals surface area contributed by atoms with E-state index in [2.05, 4.69) is 38.5 Å². The average molecular weight is 346 g/mol. The molecule has 0 aliphatic carbocycles.